The average molecular weight is 248 g/mol. The van der Waals surface area contributed by atoms with Gasteiger partial charge in [0, 0.05) is 12.8 Å². The van der Waals surface area contributed by atoms with E-state index >= 15 is 0 Å². The second-order valence-electron chi connectivity index (χ2n) is 6.03. The maximum absolute atomic E-state index is 12.4. The van der Waals surface area contributed by atoms with E-state index in [1.54, 1.807) is 0 Å². The number of hydrogen-bond acceptors (Lipinski definition) is 3. The van der Waals surface area contributed by atoms with Gasteiger partial charge in [-0.2, -0.15) is 0 Å². The van der Waals surface area contributed by atoms with Crippen molar-refractivity contribution in [3.05, 3.63) is 24.3 Å². The molecule has 1 aliphatic carbocycles. The maximum atomic E-state index is 12.4. The molecule has 3 heteroatoms. The highest BCUT2D eigenvalue weighted by molar-refractivity contribution is 5.91. The molecule has 0 aromatic rings. The Bertz CT molecular complexity index is 417. The lowest BCUT2D eigenvalue weighted by molar-refractivity contribution is -0.125. The highest BCUT2D eigenvalue weighted by Gasteiger charge is 2.67. The van der Waals surface area contributed by atoms with E-state index in [4.69, 9.17) is 9.47 Å². The molecule has 2 fully saturated rings. The Balaban J connectivity index is 1.85. The molecule has 0 N–H and O–H groups in total. The summed E-state index contributed by atoms with van der Waals surface area (Å²) in [4.78, 5) is 12.4. The van der Waals surface area contributed by atoms with Crippen LogP contribution in [0.1, 0.15) is 26.7 Å². The lowest BCUT2D eigenvalue weighted by atomic mass is 9.83. The zero-order chi connectivity index (χ0) is 12.9. The molecule has 98 valence electrons. The van der Waals surface area contributed by atoms with Crippen LogP contribution in [0.5, 0.6) is 0 Å². The van der Waals surface area contributed by atoms with Crippen LogP contribution < -0.4 is 0 Å². The Kier molecular flexibility index (Phi) is 2.72. The molecule has 2 aliphatic heterocycles. The number of carbonyl (C=O) groups is 1. The van der Waals surface area contributed by atoms with Crippen molar-refractivity contribution < 1.29 is 14.3 Å². The van der Waals surface area contributed by atoms with Crippen LogP contribution in [0, 0.1) is 11.8 Å². The molecule has 1 spiro atoms. The standard InChI is InChI=1S/C15H20O3/c1-9(2)11-5-4-10(3)6-12-14(18-12)15(8-17-15)13(16)7-11/h4-5,9,11-12,14H,3,6-8H2,1-2H3/t11?,12?,14?,15-/m0/s1. The molecule has 3 aliphatic rings. The smallest absolute Gasteiger partial charge is 0.178 e. The van der Waals surface area contributed by atoms with E-state index < -0.39 is 5.60 Å². The fraction of sp³-hybridized carbons (Fsp3) is 0.667. The van der Waals surface area contributed by atoms with Crippen molar-refractivity contribution in [3.8, 4) is 0 Å². The zero-order valence-electron chi connectivity index (χ0n) is 11.0. The summed E-state index contributed by atoms with van der Waals surface area (Å²) in [6.07, 6.45) is 5.65. The fourth-order valence-corrected chi connectivity index (χ4v) is 2.77. The van der Waals surface area contributed by atoms with Crippen molar-refractivity contribution in [2.45, 2.75) is 44.5 Å². The van der Waals surface area contributed by atoms with Crippen LogP contribution in [-0.4, -0.2) is 30.2 Å². The highest BCUT2D eigenvalue weighted by atomic mass is 16.7. The topological polar surface area (TPSA) is 42.1 Å². The van der Waals surface area contributed by atoms with Crippen LogP contribution in [0.4, 0.5) is 0 Å². The van der Waals surface area contributed by atoms with Crippen LogP contribution >= 0.6 is 0 Å². The van der Waals surface area contributed by atoms with Crippen molar-refractivity contribution in [1.82, 2.24) is 0 Å². The van der Waals surface area contributed by atoms with Crippen LogP contribution in [-0.2, 0) is 14.3 Å². The molecule has 3 rings (SSSR count). The summed E-state index contributed by atoms with van der Waals surface area (Å²) in [5.41, 5.74) is 0.474. The third-order valence-corrected chi connectivity index (χ3v) is 4.29. The molecule has 0 radical (unpaired) electrons. The summed E-state index contributed by atoms with van der Waals surface area (Å²) in [6.45, 7) is 8.88. The monoisotopic (exact) mass is 248 g/mol. The van der Waals surface area contributed by atoms with Gasteiger partial charge in [0.05, 0.1) is 12.7 Å². The molecule has 3 nitrogen and oxygen atoms in total. The fourth-order valence-electron chi connectivity index (χ4n) is 2.77. The van der Waals surface area contributed by atoms with Crippen molar-refractivity contribution in [2.75, 3.05) is 6.61 Å². The average Bonchev–Trinajstić information content (AvgIpc) is 3.15. The summed E-state index contributed by atoms with van der Waals surface area (Å²) >= 11 is 0. The summed E-state index contributed by atoms with van der Waals surface area (Å²) in [5, 5.41) is 0. The van der Waals surface area contributed by atoms with E-state index in [2.05, 4.69) is 32.6 Å². The third kappa shape index (κ3) is 1.95. The Morgan fingerprint density at radius 1 is 1.44 bits per heavy atom. The molecule has 2 heterocycles. The third-order valence-electron chi connectivity index (χ3n) is 4.29. The van der Waals surface area contributed by atoms with E-state index in [1.165, 1.54) is 0 Å². The molecule has 0 amide bonds. The van der Waals surface area contributed by atoms with Crippen molar-refractivity contribution in [2.24, 2.45) is 11.8 Å². The van der Waals surface area contributed by atoms with Crippen molar-refractivity contribution >= 4 is 5.78 Å². The molecule has 0 aromatic heterocycles. The van der Waals surface area contributed by atoms with Gasteiger partial charge in [-0.3, -0.25) is 4.79 Å². The number of hydrogen-bond donors (Lipinski definition) is 0. The molecule has 2 saturated heterocycles. The Hall–Kier alpha value is -0.930. The summed E-state index contributed by atoms with van der Waals surface area (Å²) in [6, 6.07) is 0. The van der Waals surface area contributed by atoms with Gasteiger partial charge in [0.1, 0.15) is 6.10 Å². The first-order valence-electron chi connectivity index (χ1n) is 6.71. The molecular formula is C15H20O3. The Morgan fingerprint density at radius 2 is 2.17 bits per heavy atom. The number of carbonyl (C=O) groups excluding carboxylic acids is 1. The minimum Gasteiger partial charge on any atom is -0.365 e. The van der Waals surface area contributed by atoms with E-state index in [-0.39, 0.29) is 23.9 Å². The first-order valence-corrected chi connectivity index (χ1v) is 6.71. The minimum atomic E-state index is -0.608. The SMILES string of the molecule is C=C1C=CC(C(C)C)CC(=O)[C@@]2(CO2)C2OC2C1. The van der Waals surface area contributed by atoms with E-state index in [9.17, 15) is 4.79 Å². The molecule has 18 heavy (non-hydrogen) atoms. The van der Waals surface area contributed by atoms with Crippen LogP contribution in [0.25, 0.3) is 0 Å². The van der Waals surface area contributed by atoms with Gasteiger partial charge < -0.3 is 9.47 Å². The number of Topliss-reactive ketones (excluding diaryl/α,β-unsaturated/α-hetero) is 1. The number of allylic oxidation sites excluding steroid dienone is 2. The Morgan fingerprint density at radius 3 is 2.78 bits per heavy atom. The first-order chi connectivity index (χ1) is 8.53. The van der Waals surface area contributed by atoms with Gasteiger partial charge in [0.2, 0.25) is 0 Å². The van der Waals surface area contributed by atoms with Gasteiger partial charge in [0.15, 0.2) is 11.4 Å². The Labute approximate surface area is 108 Å². The molecule has 0 aromatic carbocycles. The predicted octanol–water partition coefficient (Wildman–Crippen LogP) is 2.27. The van der Waals surface area contributed by atoms with Crippen LogP contribution in [0.2, 0.25) is 0 Å². The minimum absolute atomic E-state index is 0.0268. The summed E-state index contributed by atoms with van der Waals surface area (Å²) in [5.74, 6) is 0.931. The van der Waals surface area contributed by atoms with Gasteiger partial charge in [-0.15, -0.1) is 0 Å². The number of ketones is 1. The second kappa shape index (κ2) is 4.04. The number of rotatable bonds is 1. The van der Waals surface area contributed by atoms with Crippen LogP contribution in [0.3, 0.4) is 0 Å². The van der Waals surface area contributed by atoms with E-state index in [0.29, 0.717) is 18.9 Å². The van der Waals surface area contributed by atoms with E-state index in [1.807, 2.05) is 0 Å². The molecular weight excluding hydrogens is 228 g/mol. The number of ether oxygens (including phenoxy) is 2. The van der Waals surface area contributed by atoms with E-state index in [0.717, 1.165) is 12.0 Å². The van der Waals surface area contributed by atoms with Crippen molar-refractivity contribution in [3.63, 3.8) is 0 Å². The van der Waals surface area contributed by atoms with Crippen LogP contribution in [0.15, 0.2) is 24.3 Å². The lowest BCUT2D eigenvalue weighted by Gasteiger charge is -2.19. The maximum Gasteiger partial charge on any atom is 0.178 e. The predicted molar refractivity (Wildman–Crippen MR) is 68.2 cm³/mol. The normalized spacial score (nSPS) is 43.2. The molecule has 3 unspecified atom stereocenters. The molecule has 0 saturated carbocycles. The lowest BCUT2D eigenvalue weighted by Crippen LogP contribution is -2.34. The number of fused-ring (bicyclic) bond motifs is 2. The second-order valence-corrected chi connectivity index (χ2v) is 6.03. The quantitative estimate of drug-likeness (QED) is 0.668. The first kappa shape index (κ1) is 12.1. The summed E-state index contributed by atoms with van der Waals surface area (Å²) in [7, 11) is 0. The largest absolute Gasteiger partial charge is 0.365 e. The highest BCUT2D eigenvalue weighted by Crippen LogP contribution is 2.48. The molecule has 0 bridgehead atoms. The van der Waals surface area contributed by atoms with Gasteiger partial charge in [-0.25, -0.2) is 0 Å². The number of epoxide rings is 2. The van der Waals surface area contributed by atoms with Gasteiger partial charge >= 0.3 is 0 Å². The van der Waals surface area contributed by atoms with Gasteiger partial charge in [-0.05, 0) is 11.8 Å². The molecule has 4 atom stereocenters. The zero-order valence-corrected chi connectivity index (χ0v) is 11.0. The van der Waals surface area contributed by atoms with Gasteiger partial charge in [-0.1, -0.05) is 38.2 Å². The van der Waals surface area contributed by atoms with Crippen molar-refractivity contribution in [1.29, 1.82) is 0 Å². The summed E-state index contributed by atoms with van der Waals surface area (Å²) < 4.78 is 11.1. The van der Waals surface area contributed by atoms with Gasteiger partial charge in [0.25, 0.3) is 0 Å².